The summed E-state index contributed by atoms with van der Waals surface area (Å²) in [6.45, 7) is 6.02. The van der Waals surface area contributed by atoms with Crippen molar-refractivity contribution < 1.29 is 33.1 Å². The Morgan fingerprint density at radius 3 is 2.61 bits per heavy atom. The van der Waals surface area contributed by atoms with Gasteiger partial charge < -0.3 is 18.8 Å². The molecule has 1 unspecified atom stereocenters. The van der Waals surface area contributed by atoms with Gasteiger partial charge in [-0.2, -0.15) is 0 Å². The van der Waals surface area contributed by atoms with E-state index in [1.165, 1.54) is 11.2 Å². The van der Waals surface area contributed by atoms with E-state index in [-0.39, 0.29) is 37.1 Å². The molecule has 0 bridgehead atoms. The van der Waals surface area contributed by atoms with Crippen molar-refractivity contribution in [1.29, 1.82) is 0 Å². The third-order valence-corrected chi connectivity index (χ3v) is 5.18. The van der Waals surface area contributed by atoms with Crippen LogP contribution in [0.25, 0.3) is 0 Å². The first-order valence-corrected chi connectivity index (χ1v) is 10.9. The van der Waals surface area contributed by atoms with Crippen LogP contribution in [-0.2, 0) is 23.9 Å². The summed E-state index contributed by atoms with van der Waals surface area (Å²) in [7, 11) is 0. The van der Waals surface area contributed by atoms with Crippen LogP contribution in [0.4, 0.5) is 0 Å². The van der Waals surface area contributed by atoms with Crippen LogP contribution in [0.3, 0.4) is 0 Å². The van der Waals surface area contributed by atoms with Gasteiger partial charge in [0.1, 0.15) is 12.1 Å². The number of ketones is 1. The van der Waals surface area contributed by atoms with Gasteiger partial charge in [0.05, 0.1) is 25.5 Å². The fourth-order valence-corrected chi connectivity index (χ4v) is 3.68. The molecule has 1 aromatic heterocycles. The van der Waals surface area contributed by atoms with Crippen molar-refractivity contribution in [3.63, 3.8) is 0 Å². The lowest BCUT2D eigenvalue weighted by Gasteiger charge is -2.28. The van der Waals surface area contributed by atoms with Crippen LogP contribution >= 0.6 is 0 Å². The molecule has 0 aromatic carbocycles. The second-order valence-corrected chi connectivity index (χ2v) is 7.43. The zero-order chi connectivity index (χ0) is 22.8. The highest BCUT2D eigenvalue weighted by molar-refractivity contribution is 5.93. The van der Waals surface area contributed by atoms with E-state index in [2.05, 4.69) is 5.32 Å². The summed E-state index contributed by atoms with van der Waals surface area (Å²) in [5, 5.41) is 3.03. The van der Waals surface area contributed by atoms with Gasteiger partial charge in [-0.15, -0.1) is 0 Å². The van der Waals surface area contributed by atoms with Crippen molar-refractivity contribution in [2.45, 2.75) is 71.0 Å². The summed E-state index contributed by atoms with van der Waals surface area (Å²) >= 11 is 0. The third kappa shape index (κ3) is 6.92. The number of ether oxygens (including phenoxy) is 2. The molecule has 1 fully saturated rings. The number of hydrogen-bond donors (Lipinski definition) is 1. The fourth-order valence-electron chi connectivity index (χ4n) is 3.68. The van der Waals surface area contributed by atoms with Crippen LogP contribution in [0.2, 0.25) is 0 Å². The summed E-state index contributed by atoms with van der Waals surface area (Å²) < 4.78 is 15.3. The monoisotopic (exact) mass is 436 g/mol. The lowest BCUT2D eigenvalue weighted by Crippen LogP contribution is -2.53. The topological polar surface area (TPSA) is 115 Å². The number of rotatable bonds is 12. The minimum absolute atomic E-state index is 0.147. The molecule has 172 valence electrons. The third-order valence-electron chi connectivity index (χ3n) is 5.18. The van der Waals surface area contributed by atoms with Crippen molar-refractivity contribution in [3.8, 4) is 0 Å². The van der Waals surface area contributed by atoms with E-state index in [1.807, 2.05) is 0 Å². The molecular weight excluding hydrogens is 404 g/mol. The van der Waals surface area contributed by atoms with Crippen LogP contribution < -0.4 is 5.32 Å². The number of carbonyl (C=O) groups is 4. The average molecular weight is 437 g/mol. The van der Waals surface area contributed by atoms with Crippen molar-refractivity contribution in [3.05, 3.63) is 24.2 Å². The number of likely N-dealkylation sites (tertiary alicyclic amines) is 1. The molecule has 1 saturated heterocycles. The second-order valence-electron chi connectivity index (χ2n) is 7.43. The Kier molecular flexibility index (Phi) is 9.71. The maximum Gasteiger partial charge on any atom is 0.328 e. The van der Waals surface area contributed by atoms with Gasteiger partial charge in [-0.25, -0.2) is 4.79 Å². The van der Waals surface area contributed by atoms with E-state index in [0.717, 1.165) is 6.42 Å². The Morgan fingerprint density at radius 2 is 1.97 bits per heavy atom. The number of nitrogens with zero attached hydrogens (tertiary/aromatic N) is 1. The number of nitrogens with one attached hydrogen (secondary N) is 1. The van der Waals surface area contributed by atoms with Crippen LogP contribution in [-0.4, -0.2) is 66.4 Å². The van der Waals surface area contributed by atoms with E-state index in [4.69, 9.17) is 13.9 Å². The largest absolute Gasteiger partial charge is 0.465 e. The molecule has 2 heterocycles. The van der Waals surface area contributed by atoms with E-state index < -0.39 is 30.1 Å². The smallest absolute Gasteiger partial charge is 0.328 e. The molecule has 1 N–H and O–H groups in total. The minimum Gasteiger partial charge on any atom is -0.465 e. The highest BCUT2D eigenvalue weighted by atomic mass is 16.5. The lowest BCUT2D eigenvalue weighted by atomic mass is 10.1. The number of furan rings is 1. The zero-order valence-electron chi connectivity index (χ0n) is 18.4. The molecule has 1 aliphatic rings. The number of Topliss-reactive ketones (excluding diaryl/α,β-unsaturated/α-hetero) is 1. The first-order valence-electron chi connectivity index (χ1n) is 10.9. The van der Waals surface area contributed by atoms with Gasteiger partial charge >= 0.3 is 11.9 Å². The minimum atomic E-state index is -0.744. The molecule has 0 radical (unpaired) electrons. The number of amides is 1. The number of carbonyl (C=O) groups excluding carboxylic acids is 4. The maximum atomic E-state index is 13.0. The van der Waals surface area contributed by atoms with Gasteiger partial charge in [-0.05, 0) is 58.6 Å². The molecule has 9 heteroatoms. The van der Waals surface area contributed by atoms with Gasteiger partial charge in [0, 0.05) is 13.0 Å². The van der Waals surface area contributed by atoms with Crippen LogP contribution in [0.15, 0.2) is 22.8 Å². The summed E-state index contributed by atoms with van der Waals surface area (Å²) in [6.07, 6.45) is 3.68. The van der Waals surface area contributed by atoms with Crippen LogP contribution in [0.5, 0.6) is 0 Å². The molecular formula is C22H32N2O7. The Hall–Kier alpha value is -2.68. The van der Waals surface area contributed by atoms with E-state index in [0.29, 0.717) is 25.8 Å². The van der Waals surface area contributed by atoms with Gasteiger partial charge in [0.25, 0.3) is 0 Å². The molecule has 0 saturated carbocycles. The van der Waals surface area contributed by atoms with Crippen LogP contribution in [0.1, 0.15) is 63.4 Å². The van der Waals surface area contributed by atoms with Crippen molar-refractivity contribution in [2.75, 3.05) is 19.8 Å². The Morgan fingerprint density at radius 1 is 1.23 bits per heavy atom. The molecule has 9 nitrogen and oxygen atoms in total. The van der Waals surface area contributed by atoms with Gasteiger partial charge in [-0.1, -0.05) is 0 Å². The first kappa shape index (κ1) is 24.6. The molecule has 0 spiro atoms. The molecule has 1 aromatic rings. The Bertz CT molecular complexity index is 747. The predicted octanol–water partition coefficient (Wildman–Crippen LogP) is 2.10. The second kappa shape index (κ2) is 12.2. The standard InChI is InChI=1S/C22H32N2O7/c1-4-29-21(27)16(9-6-11-18(25)19-12-8-14-31-19)23-15(3)20(26)24-13-7-10-17(24)22(28)30-5-2/h8,12,14-17,23H,4-7,9-11,13H2,1-3H3/t15-,16?,17-/m0/s1. The molecule has 2 rings (SSSR count). The molecule has 1 aliphatic heterocycles. The van der Waals surface area contributed by atoms with Crippen molar-refractivity contribution in [1.82, 2.24) is 10.2 Å². The van der Waals surface area contributed by atoms with Gasteiger partial charge in [0.2, 0.25) is 5.91 Å². The summed E-state index contributed by atoms with van der Waals surface area (Å²) in [5.41, 5.74) is 0. The van der Waals surface area contributed by atoms with Gasteiger partial charge in [0.15, 0.2) is 11.5 Å². The molecule has 3 atom stereocenters. The summed E-state index contributed by atoms with van der Waals surface area (Å²) in [6, 6.07) is 1.20. The Labute approximate surface area is 182 Å². The zero-order valence-corrected chi connectivity index (χ0v) is 18.4. The predicted molar refractivity (Wildman–Crippen MR) is 111 cm³/mol. The number of hydrogen-bond acceptors (Lipinski definition) is 8. The molecule has 31 heavy (non-hydrogen) atoms. The van der Waals surface area contributed by atoms with E-state index >= 15 is 0 Å². The van der Waals surface area contributed by atoms with Crippen molar-refractivity contribution in [2.24, 2.45) is 0 Å². The molecule has 0 aliphatic carbocycles. The summed E-state index contributed by atoms with van der Waals surface area (Å²) in [5.74, 6) is -1.01. The normalized spacial score (nSPS) is 17.8. The van der Waals surface area contributed by atoms with E-state index in [1.54, 1.807) is 32.9 Å². The quantitative estimate of drug-likeness (QED) is 0.391. The number of esters is 2. The molecule has 1 amide bonds. The Balaban J connectivity index is 1.95. The summed E-state index contributed by atoms with van der Waals surface area (Å²) in [4.78, 5) is 51.1. The van der Waals surface area contributed by atoms with Crippen LogP contribution in [0, 0.1) is 0 Å². The maximum absolute atomic E-state index is 13.0. The first-order chi connectivity index (χ1) is 14.9. The van der Waals surface area contributed by atoms with Gasteiger partial charge in [-0.3, -0.25) is 19.7 Å². The highest BCUT2D eigenvalue weighted by Gasteiger charge is 2.37. The lowest BCUT2D eigenvalue weighted by molar-refractivity contribution is -0.154. The fraction of sp³-hybridized carbons (Fsp3) is 0.636. The SMILES string of the molecule is CCOC(=O)C(CCCC(=O)c1ccco1)N[C@@H](C)C(=O)N1CCC[C@H]1C(=O)OCC. The average Bonchev–Trinajstić information content (AvgIpc) is 3.44. The highest BCUT2D eigenvalue weighted by Crippen LogP contribution is 2.20. The van der Waals surface area contributed by atoms with E-state index in [9.17, 15) is 19.2 Å². The van der Waals surface area contributed by atoms with Crippen molar-refractivity contribution >= 4 is 23.6 Å².